The van der Waals surface area contributed by atoms with Gasteiger partial charge in [0.2, 0.25) is 0 Å². The highest BCUT2D eigenvalue weighted by atomic mass is 19.1. The Kier molecular flexibility index (Phi) is 6.08. The molecule has 1 aromatic carbocycles. The number of nitrogens with one attached hydrogen (secondary N) is 2. The van der Waals surface area contributed by atoms with Crippen LogP contribution in [0.1, 0.15) is 60.0 Å². The van der Waals surface area contributed by atoms with E-state index in [0.29, 0.717) is 17.4 Å². The summed E-state index contributed by atoms with van der Waals surface area (Å²) < 4.78 is 13.5. The Morgan fingerprint density at radius 1 is 1.08 bits per heavy atom. The molecule has 0 unspecified atom stereocenters. The second-order valence-corrected chi connectivity index (χ2v) is 10.2. The molecule has 10 heteroatoms. The number of aromatic amines is 1. The summed E-state index contributed by atoms with van der Waals surface area (Å²) in [5, 5.41) is 12.9. The molecule has 1 saturated heterocycles. The molecular formula is C27H28FN7O2. The number of fused-ring (bicyclic) bond motifs is 1. The van der Waals surface area contributed by atoms with Gasteiger partial charge in [0.1, 0.15) is 23.4 Å². The lowest BCUT2D eigenvalue weighted by molar-refractivity contribution is 0.0946. The number of rotatable bonds is 5. The predicted octanol–water partition coefficient (Wildman–Crippen LogP) is 2.68. The molecule has 2 aliphatic carbocycles. The van der Waals surface area contributed by atoms with Gasteiger partial charge in [0.15, 0.2) is 5.69 Å². The third-order valence-corrected chi connectivity index (χ3v) is 7.77. The van der Waals surface area contributed by atoms with Crippen molar-refractivity contribution < 1.29 is 9.18 Å². The molecule has 0 radical (unpaired) electrons. The van der Waals surface area contributed by atoms with Crippen molar-refractivity contribution in [1.82, 2.24) is 25.2 Å². The molecule has 3 aromatic rings. The van der Waals surface area contributed by atoms with Crippen LogP contribution in [0.3, 0.4) is 0 Å². The fraction of sp³-hybridized carbons (Fsp3) is 0.444. The molecular weight excluding hydrogens is 473 g/mol. The van der Waals surface area contributed by atoms with E-state index in [-0.39, 0.29) is 40.2 Å². The third kappa shape index (κ3) is 4.79. The number of hydrogen-bond donors (Lipinski definition) is 2. The first-order valence-corrected chi connectivity index (χ1v) is 12.9. The number of carbonyl (C=O) groups is 1. The number of pyridine rings is 1. The molecule has 0 spiro atoms. The van der Waals surface area contributed by atoms with E-state index in [4.69, 9.17) is 0 Å². The minimum absolute atomic E-state index is 0.161. The minimum Gasteiger partial charge on any atom is -0.367 e. The molecule has 2 atom stereocenters. The summed E-state index contributed by atoms with van der Waals surface area (Å²) in [7, 11) is 0. The zero-order valence-corrected chi connectivity index (χ0v) is 20.4. The van der Waals surface area contributed by atoms with Gasteiger partial charge in [-0.05, 0) is 62.4 Å². The summed E-state index contributed by atoms with van der Waals surface area (Å²) in [6.45, 7) is 3.24. The standard InChI is InChI=1S/C27H28FN7O2/c28-17-2-6-21-20(14-17)26(36)33-25(32-21)16-1-5-19(13-16)34-9-11-35(12-10-34)24-8-7-22(31-23(24)15-29)27(37)30-18-3-4-18/h2,6-8,14,16,18-19H,1,3-5,9-13H2,(H,30,37)(H,32,33,36)/t16-,19+/m1/s1. The second-order valence-electron chi connectivity index (χ2n) is 10.2. The monoisotopic (exact) mass is 501 g/mol. The Morgan fingerprint density at radius 2 is 1.89 bits per heavy atom. The lowest BCUT2D eigenvalue weighted by Crippen LogP contribution is -2.50. The molecule has 190 valence electrons. The van der Waals surface area contributed by atoms with E-state index in [1.54, 1.807) is 12.1 Å². The Hall–Kier alpha value is -3.84. The zero-order chi connectivity index (χ0) is 25.5. The van der Waals surface area contributed by atoms with Crippen LogP contribution < -0.4 is 15.8 Å². The number of benzene rings is 1. The Labute approximate surface area is 213 Å². The summed E-state index contributed by atoms with van der Waals surface area (Å²) in [4.78, 5) is 41.3. The van der Waals surface area contributed by atoms with Gasteiger partial charge in [0.05, 0.1) is 16.6 Å². The number of anilines is 1. The molecule has 3 heterocycles. The van der Waals surface area contributed by atoms with Crippen LogP contribution in [-0.2, 0) is 0 Å². The first kappa shape index (κ1) is 23.6. The van der Waals surface area contributed by atoms with E-state index in [1.807, 2.05) is 6.07 Å². The van der Waals surface area contributed by atoms with Crippen LogP contribution >= 0.6 is 0 Å². The number of piperazine rings is 1. The maximum Gasteiger partial charge on any atom is 0.270 e. The Balaban J connectivity index is 1.09. The van der Waals surface area contributed by atoms with Gasteiger partial charge < -0.3 is 15.2 Å². The number of carbonyl (C=O) groups excluding carboxylic acids is 1. The Bertz CT molecular complexity index is 1450. The number of nitrogens with zero attached hydrogens (tertiary/aromatic N) is 5. The van der Waals surface area contributed by atoms with Gasteiger partial charge in [0.25, 0.3) is 11.5 Å². The van der Waals surface area contributed by atoms with Crippen molar-refractivity contribution >= 4 is 22.5 Å². The van der Waals surface area contributed by atoms with Crippen molar-refractivity contribution in [2.75, 3.05) is 31.1 Å². The van der Waals surface area contributed by atoms with Crippen molar-refractivity contribution in [3.05, 3.63) is 63.7 Å². The zero-order valence-electron chi connectivity index (χ0n) is 20.4. The normalized spacial score (nSPS) is 22.2. The minimum atomic E-state index is -0.444. The predicted molar refractivity (Wildman–Crippen MR) is 136 cm³/mol. The molecule has 0 bridgehead atoms. The van der Waals surface area contributed by atoms with Gasteiger partial charge >= 0.3 is 0 Å². The summed E-state index contributed by atoms with van der Waals surface area (Å²) in [6, 6.07) is 10.5. The van der Waals surface area contributed by atoms with E-state index in [1.165, 1.54) is 12.1 Å². The molecule has 1 amide bonds. The highest BCUT2D eigenvalue weighted by Gasteiger charge is 2.34. The van der Waals surface area contributed by atoms with Crippen molar-refractivity contribution in [3.63, 3.8) is 0 Å². The largest absolute Gasteiger partial charge is 0.367 e. The van der Waals surface area contributed by atoms with Crippen LogP contribution in [-0.4, -0.2) is 64.0 Å². The van der Waals surface area contributed by atoms with E-state index in [2.05, 4.69) is 36.1 Å². The van der Waals surface area contributed by atoms with Crippen LogP contribution in [0.4, 0.5) is 10.1 Å². The lowest BCUT2D eigenvalue weighted by Gasteiger charge is -2.39. The molecule has 3 fully saturated rings. The molecule has 37 heavy (non-hydrogen) atoms. The highest BCUT2D eigenvalue weighted by Crippen LogP contribution is 2.36. The molecule has 9 nitrogen and oxygen atoms in total. The lowest BCUT2D eigenvalue weighted by atomic mass is 10.1. The fourth-order valence-electron chi connectivity index (χ4n) is 5.59. The molecule has 2 N–H and O–H groups in total. The first-order valence-electron chi connectivity index (χ1n) is 12.9. The maximum atomic E-state index is 13.5. The summed E-state index contributed by atoms with van der Waals surface area (Å²) >= 11 is 0. The third-order valence-electron chi connectivity index (χ3n) is 7.77. The Morgan fingerprint density at radius 3 is 2.65 bits per heavy atom. The van der Waals surface area contributed by atoms with Crippen molar-refractivity contribution in [2.24, 2.45) is 0 Å². The number of nitriles is 1. The van der Waals surface area contributed by atoms with Crippen LogP contribution in [0, 0.1) is 17.1 Å². The van der Waals surface area contributed by atoms with Crippen molar-refractivity contribution in [2.45, 2.75) is 50.1 Å². The van der Waals surface area contributed by atoms with Crippen LogP contribution in [0.5, 0.6) is 0 Å². The number of H-pyrrole nitrogens is 1. The van der Waals surface area contributed by atoms with Crippen molar-refractivity contribution in [3.8, 4) is 6.07 Å². The van der Waals surface area contributed by atoms with Gasteiger partial charge in [0, 0.05) is 44.2 Å². The van der Waals surface area contributed by atoms with Gasteiger partial charge in [-0.2, -0.15) is 5.26 Å². The van der Waals surface area contributed by atoms with Crippen molar-refractivity contribution in [1.29, 1.82) is 5.26 Å². The van der Waals surface area contributed by atoms with Crippen LogP contribution in [0.2, 0.25) is 0 Å². The maximum absolute atomic E-state index is 13.5. The average molecular weight is 502 g/mol. The van der Waals surface area contributed by atoms with E-state index < -0.39 is 5.82 Å². The number of halogens is 1. The number of aromatic nitrogens is 3. The molecule has 3 aliphatic rings. The topological polar surface area (TPSA) is 118 Å². The average Bonchev–Trinajstić information content (AvgIpc) is 3.59. The van der Waals surface area contributed by atoms with Gasteiger partial charge in [-0.25, -0.2) is 14.4 Å². The smallest absolute Gasteiger partial charge is 0.270 e. The van der Waals surface area contributed by atoms with Gasteiger partial charge in [-0.3, -0.25) is 14.5 Å². The first-order chi connectivity index (χ1) is 18.0. The quantitative estimate of drug-likeness (QED) is 0.552. The summed E-state index contributed by atoms with van der Waals surface area (Å²) in [5.41, 5.74) is 1.56. The van der Waals surface area contributed by atoms with Crippen LogP contribution in [0.25, 0.3) is 10.9 Å². The molecule has 2 saturated carbocycles. The molecule has 1 aliphatic heterocycles. The number of hydrogen-bond acceptors (Lipinski definition) is 7. The highest BCUT2D eigenvalue weighted by molar-refractivity contribution is 5.93. The molecule has 6 rings (SSSR count). The SMILES string of the molecule is N#Cc1nc(C(=O)NC2CC2)ccc1N1CCN([C@H]2CC[C@@H](c3nc4ccc(F)cc4c(=O)[nH]3)C2)CC1. The van der Waals surface area contributed by atoms with E-state index in [0.717, 1.165) is 64.0 Å². The summed E-state index contributed by atoms with van der Waals surface area (Å²) in [6.07, 6.45) is 4.86. The van der Waals surface area contributed by atoms with E-state index in [9.17, 15) is 19.2 Å². The fourth-order valence-corrected chi connectivity index (χ4v) is 5.59. The van der Waals surface area contributed by atoms with Crippen LogP contribution in [0.15, 0.2) is 35.1 Å². The number of amides is 1. The van der Waals surface area contributed by atoms with Gasteiger partial charge in [-0.15, -0.1) is 0 Å². The summed E-state index contributed by atoms with van der Waals surface area (Å²) in [5.74, 6) is 0.176. The molecule has 2 aromatic heterocycles. The van der Waals surface area contributed by atoms with E-state index >= 15 is 0 Å². The van der Waals surface area contributed by atoms with Gasteiger partial charge in [-0.1, -0.05) is 0 Å². The second kappa shape index (κ2) is 9.56.